The fraction of sp³-hybridized carbons (Fsp3) is 0.0769. The van der Waals surface area contributed by atoms with E-state index in [0.717, 1.165) is 14.7 Å². The van der Waals surface area contributed by atoms with E-state index in [1.807, 2.05) is 12.3 Å². The average Bonchev–Trinajstić information content (AvgIpc) is 2.46. The summed E-state index contributed by atoms with van der Waals surface area (Å²) in [4.78, 5) is 12.7. The van der Waals surface area contributed by atoms with Gasteiger partial charge in [-0.05, 0) is 44.0 Å². The number of halogens is 2. The van der Waals surface area contributed by atoms with Gasteiger partial charge >= 0.3 is 24.8 Å². The summed E-state index contributed by atoms with van der Waals surface area (Å²) in [5.74, 6) is 0. The van der Waals surface area contributed by atoms with E-state index in [4.69, 9.17) is 5.26 Å². The van der Waals surface area contributed by atoms with Gasteiger partial charge in [-0.15, -0.1) is 0 Å². The second-order valence-electron chi connectivity index (χ2n) is 3.21. The van der Waals surface area contributed by atoms with Crippen LogP contribution in [0, 0.1) is 11.3 Å². The zero-order chi connectivity index (χ0) is 17.4. The monoisotopic (exact) mass is 443 g/mol. The molecule has 0 saturated carbocycles. The minimum atomic E-state index is -0.0532. The third-order valence-corrected chi connectivity index (χ3v) is 2.78. The van der Waals surface area contributed by atoms with E-state index in [9.17, 15) is 4.79 Å². The summed E-state index contributed by atoms with van der Waals surface area (Å²) < 4.78 is 4.69. The Kier molecular flexibility index (Phi) is 16.7. The van der Waals surface area contributed by atoms with Crippen LogP contribution in [0.3, 0.4) is 0 Å². The third-order valence-electron chi connectivity index (χ3n) is 1.62. The number of aromatic amines is 1. The third kappa shape index (κ3) is 15.0. The van der Waals surface area contributed by atoms with Gasteiger partial charge in [0.05, 0.1) is 6.07 Å². The number of hydrogen-bond acceptors (Lipinski definition) is 5. The minimum absolute atomic E-state index is 0.0532. The molecule has 5 nitrogen and oxygen atoms in total. The Morgan fingerprint density at radius 1 is 1.45 bits per heavy atom. The molecular weight excluding hydrogens is 431 g/mol. The normalized spacial score (nSPS) is 11.1. The Hall–Kier alpha value is -1.37. The molecule has 1 aromatic heterocycles. The average molecular weight is 445 g/mol. The summed E-state index contributed by atoms with van der Waals surface area (Å²) in [5, 5.41) is 10.3. The number of nitrogens with zero attached hydrogens (tertiary/aromatic N) is 2. The molecule has 0 spiro atoms. The van der Waals surface area contributed by atoms with Crippen LogP contribution < -0.4 is 10.9 Å². The second-order valence-corrected chi connectivity index (χ2v) is 5.21. The number of aromatic nitrogens is 1. The van der Waals surface area contributed by atoms with Crippen LogP contribution in [0.2, 0.25) is 0 Å². The van der Waals surface area contributed by atoms with Crippen molar-refractivity contribution in [3.63, 3.8) is 0 Å². The van der Waals surface area contributed by atoms with Crippen molar-refractivity contribution in [1.29, 1.82) is 5.26 Å². The maximum atomic E-state index is 10.2. The fourth-order valence-corrected chi connectivity index (χ4v) is 1.86. The van der Waals surface area contributed by atoms with E-state index in [1.165, 1.54) is 13.0 Å². The van der Waals surface area contributed by atoms with Crippen molar-refractivity contribution >= 4 is 52.3 Å². The summed E-state index contributed by atoms with van der Waals surface area (Å²) in [5.41, 5.74) is 0.834. The quantitative estimate of drug-likeness (QED) is 0.421. The Bertz CT molecular complexity index is 605. The van der Waals surface area contributed by atoms with Gasteiger partial charge in [-0.2, -0.15) is 5.26 Å². The van der Waals surface area contributed by atoms with Crippen molar-refractivity contribution in [1.82, 2.24) is 10.3 Å². The molecule has 0 saturated heterocycles. The van der Waals surface area contributed by atoms with Crippen LogP contribution in [0.5, 0.6) is 0 Å². The molecule has 1 aliphatic rings. The Balaban J connectivity index is 0. The molecule has 2 heterocycles. The number of dihydropyridines is 1. The predicted molar refractivity (Wildman–Crippen MR) is 102 cm³/mol. The van der Waals surface area contributed by atoms with E-state index in [0.29, 0.717) is 0 Å². The molecule has 1 radical (unpaired) electrons. The number of nitriles is 1. The molecule has 115 valence electrons. The van der Waals surface area contributed by atoms with Gasteiger partial charge in [-0.3, -0.25) is 4.79 Å². The molecule has 0 amide bonds. The molecule has 0 aromatic carbocycles. The van der Waals surface area contributed by atoms with Gasteiger partial charge in [0.1, 0.15) is 0 Å². The zero-order valence-corrected chi connectivity index (χ0v) is 15.8. The first-order valence-electron chi connectivity index (χ1n) is 5.60. The Labute approximate surface area is 153 Å². The first-order chi connectivity index (χ1) is 10.4. The maximum absolute atomic E-state index is 10.2. The summed E-state index contributed by atoms with van der Waals surface area (Å²) in [7, 11) is 4.34. The standard InChI is InChI=1S/C6H5Br2N.C5H5NO.C2H3N.BHNS/c1-4-6(8)2-5(7)3-9-4;7-5-3-1-2-4-6-5;2*1-2-3/h2-3,9H,1H2;1-4H,(H,6,7);1H3;3H. The Morgan fingerprint density at radius 3 is 2.27 bits per heavy atom. The van der Waals surface area contributed by atoms with Crippen LogP contribution in [0.4, 0.5) is 0 Å². The van der Waals surface area contributed by atoms with E-state index in [1.54, 1.807) is 24.4 Å². The van der Waals surface area contributed by atoms with Crippen molar-refractivity contribution in [2.24, 2.45) is 4.30 Å². The number of H-pyrrole nitrogens is 1. The van der Waals surface area contributed by atoms with Gasteiger partial charge in [0.2, 0.25) is 5.56 Å². The predicted octanol–water partition coefficient (Wildman–Crippen LogP) is 3.71. The molecule has 2 N–H and O–H groups in total. The van der Waals surface area contributed by atoms with Crippen LogP contribution >= 0.6 is 44.7 Å². The Morgan fingerprint density at radius 2 is 2.00 bits per heavy atom. The van der Waals surface area contributed by atoms with Crippen LogP contribution in [-0.2, 0) is 0 Å². The number of thiol groups is 1. The molecule has 22 heavy (non-hydrogen) atoms. The molecule has 0 atom stereocenters. The van der Waals surface area contributed by atoms with Gasteiger partial charge < -0.3 is 10.3 Å². The number of hydrogen-bond donors (Lipinski definition) is 3. The number of rotatable bonds is 0. The first kappa shape index (κ1) is 22.9. The molecule has 1 aliphatic heterocycles. The number of pyridine rings is 1. The van der Waals surface area contributed by atoms with Crippen molar-refractivity contribution in [2.75, 3.05) is 0 Å². The molecule has 0 unspecified atom stereocenters. The summed E-state index contributed by atoms with van der Waals surface area (Å²) in [6, 6.07) is 6.68. The van der Waals surface area contributed by atoms with Crippen molar-refractivity contribution in [3.05, 3.63) is 68.3 Å². The van der Waals surface area contributed by atoms with E-state index >= 15 is 0 Å². The topological polar surface area (TPSA) is 81.0 Å². The van der Waals surface area contributed by atoms with E-state index < -0.39 is 0 Å². The SMILES string of the molecule is C=C1NC=C(Br)C=C1Br.CC#N.O=c1cccc[nH]1.[B]=NS. The number of allylic oxidation sites excluding steroid dienone is 3. The molecular formula is C13H14BBr2N4OS. The molecule has 9 heteroatoms. The van der Waals surface area contributed by atoms with Gasteiger partial charge in [0, 0.05) is 40.0 Å². The molecule has 1 aromatic rings. The second kappa shape index (κ2) is 16.0. The van der Waals surface area contributed by atoms with E-state index in [-0.39, 0.29) is 5.56 Å². The van der Waals surface area contributed by atoms with Crippen molar-refractivity contribution in [2.45, 2.75) is 6.92 Å². The summed E-state index contributed by atoms with van der Waals surface area (Å²) >= 11 is 9.82. The summed E-state index contributed by atoms with van der Waals surface area (Å²) in [6.07, 6.45) is 5.38. The summed E-state index contributed by atoms with van der Waals surface area (Å²) in [6.45, 7) is 5.17. The van der Waals surface area contributed by atoms with Gasteiger partial charge in [-0.25, -0.2) is 0 Å². The number of nitrogens with one attached hydrogen (secondary N) is 2. The first-order valence-corrected chi connectivity index (χ1v) is 7.59. The van der Waals surface area contributed by atoms with Crippen molar-refractivity contribution < 1.29 is 0 Å². The van der Waals surface area contributed by atoms with Gasteiger partial charge in [0.25, 0.3) is 0 Å². The van der Waals surface area contributed by atoms with Crippen LogP contribution in [0.1, 0.15) is 6.92 Å². The van der Waals surface area contributed by atoms with Crippen LogP contribution in [0.15, 0.2) is 67.0 Å². The van der Waals surface area contributed by atoms with Crippen molar-refractivity contribution in [3.8, 4) is 6.07 Å². The molecule has 0 fully saturated rings. The van der Waals surface area contributed by atoms with Crippen LogP contribution in [-0.4, -0.2) is 12.6 Å². The van der Waals surface area contributed by atoms with E-state index in [2.05, 4.69) is 73.5 Å². The fourth-order valence-electron chi connectivity index (χ4n) is 0.852. The molecule has 2 rings (SSSR count). The molecule has 0 bridgehead atoms. The molecule has 0 aliphatic carbocycles. The van der Waals surface area contributed by atoms with Gasteiger partial charge in [-0.1, -0.05) is 12.6 Å². The zero-order valence-electron chi connectivity index (χ0n) is 11.8. The van der Waals surface area contributed by atoms with Crippen LogP contribution in [0.25, 0.3) is 0 Å². The van der Waals surface area contributed by atoms with Gasteiger partial charge in [0.15, 0.2) is 0 Å².